The Bertz CT molecular complexity index is 693. The predicted molar refractivity (Wildman–Crippen MR) is 88.5 cm³/mol. The van der Waals surface area contributed by atoms with Gasteiger partial charge in [-0.25, -0.2) is 4.98 Å². The summed E-state index contributed by atoms with van der Waals surface area (Å²) in [5.41, 5.74) is 2.28. The van der Waals surface area contributed by atoms with Crippen molar-refractivity contribution in [2.75, 3.05) is 25.1 Å². The van der Waals surface area contributed by atoms with Crippen molar-refractivity contribution in [2.24, 2.45) is 0 Å². The highest BCUT2D eigenvalue weighted by Gasteiger charge is 2.36. The lowest BCUT2D eigenvalue weighted by Gasteiger charge is -2.39. The highest BCUT2D eigenvalue weighted by Crippen LogP contribution is 2.38. The minimum absolute atomic E-state index is 0.145. The Labute approximate surface area is 142 Å². The summed E-state index contributed by atoms with van der Waals surface area (Å²) >= 11 is 0.648. The van der Waals surface area contributed by atoms with E-state index in [4.69, 9.17) is 4.74 Å². The van der Waals surface area contributed by atoms with Crippen molar-refractivity contribution in [2.45, 2.75) is 31.4 Å². The van der Waals surface area contributed by atoms with Crippen LogP contribution in [-0.2, 0) is 16.3 Å². The second-order valence-corrected chi connectivity index (χ2v) is 7.12. The van der Waals surface area contributed by atoms with Crippen molar-refractivity contribution >= 4 is 16.5 Å². The van der Waals surface area contributed by atoms with Gasteiger partial charge < -0.3 is 10.1 Å². The maximum Gasteiger partial charge on any atom is 0.427 e. The molecule has 1 aliphatic heterocycles. The number of benzene rings is 1. The molecule has 2 heterocycles. The van der Waals surface area contributed by atoms with Crippen LogP contribution in [0, 0.1) is 6.92 Å². The largest absolute Gasteiger partial charge is 0.427 e. The Morgan fingerprint density at radius 1 is 1.25 bits per heavy atom. The van der Waals surface area contributed by atoms with Gasteiger partial charge in [-0.3, -0.25) is 0 Å². The number of aromatic nitrogens is 1. The fraction of sp³-hybridized carbons (Fsp3) is 0.471. The molecule has 24 heavy (non-hydrogen) atoms. The van der Waals surface area contributed by atoms with E-state index < -0.39 is 11.1 Å². The zero-order valence-corrected chi connectivity index (χ0v) is 14.1. The number of anilines is 1. The molecular weight excluding hydrogens is 337 g/mol. The monoisotopic (exact) mass is 356 g/mol. The molecular formula is C17H19F3N2OS. The molecule has 0 spiro atoms. The Balaban J connectivity index is 1.81. The van der Waals surface area contributed by atoms with Gasteiger partial charge in [0.1, 0.15) is 4.88 Å². The van der Waals surface area contributed by atoms with E-state index in [0.717, 1.165) is 19.0 Å². The molecule has 0 radical (unpaired) electrons. The summed E-state index contributed by atoms with van der Waals surface area (Å²) in [6, 6.07) is 8.17. The third-order valence-electron chi connectivity index (χ3n) is 4.53. The minimum atomic E-state index is -4.34. The van der Waals surface area contributed by atoms with E-state index in [1.807, 2.05) is 12.1 Å². The molecule has 130 valence electrons. The van der Waals surface area contributed by atoms with Gasteiger partial charge in [0.15, 0.2) is 5.13 Å². The molecule has 0 unspecified atom stereocenters. The molecule has 7 heteroatoms. The normalized spacial score (nSPS) is 17.7. The van der Waals surface area contributed by atoms with Crippen molar-refractivity contribution < 1.29 is 17.9 Å². The standard InChI is InChI=1S/C17H19F3N2OS/c1-12-4-2-3-5-13(12)16(6-8-23-9-7-16)11-22-15-21-10-14(24-15)17(18,19)20/h2-5,10H,6-9,11H2,1H3,(H,21,22). The number of halogens is 3. The first-order valence-electron chi connectivity index (χ1n) is 7.81. The summed E-state index contributed by atoms with van der Waals surface area (Å²) in [5.74, 6) is 0. The molecule has 0 saturated carbocycles. The van der Waals surface area contributed by atoms with Gasteiger partial charge in [0.2, 0.25) is 0 Å². The summed E-state index contributed by atoms with van der Waals surface area (Å²) in [4.78, 5) is 3.19. The number of hydrogen-bond donors (Lipinski definition) is 1. The number of nitrogens with zero attached hydrogens (tertiary/aromatic N) is 1. The van der Waals surface area contributed by atoms with Crippen LogP contribution in [0.25, 0.3) is 0 Å². The van der Waals surface area contributed by atoms with Crippen LogP contribution in [0.4, 0.5) is 18.3 Å². The van der Waals surface area contributed by atoms with Crippen molar-refractivity contribution in [3.8, 4) is 0 Å². The van der Waals surface area contributed by atoms with Crippen LogP contribution in [0.2, 0.25) is 0 Å². The van der Waals surface area contributed by atoms with Crippen molar-refractivity contribution in [1.29, 1.82) is 0 Å². The molecule has 0 amide bonds. The molecule has 1 aromatic carbocycles. The summed E-state index contributed by atoms with van der Waals surface area (Å²) in [5, 5.41) is 3.43. The molecule has 1 saturated heterocycles. The van der Waals surface area contributed by atoms with Crippen LogP contribution >= 0.6 is 11.3 Å². The number of nitrogens with one attached hydrogen (secondary N) is 1. The van der Waals surface area contributed by atoms with Gasteiger partial charge in [-0.1, -0.05) is 35.6 Å². The summed E-state index contributed by atoms with van der Waals surface area (Å²) in [7, 11) is 0. The smallest absolute Gasteiger partial charge is 0.381 e. The Morgan fingerprint density at radius 2 is 1.96 bits per heavy atom. The number of alkyl halides is 3. The number of rotatable bonds is 4. The molecule has 1 N–H and O–H groups in total. The number of aryl methyl sites for hydroxylation is 1. The highest BCUT2D eigenvalue weighted by atomic mass is 32.1. The average Bonchev–Trinajstić information content (AvgIpc) is 3.04. The van der Waals surface area contributed by atoms with Crippen LogP contribution in [0.1, 0.15) is 28.8 Å². The molecule has 1 aromatic heterocycles. The van der Waals surface area contributed by atoms with Gasteiger partial charge in [-0.2, -0.15) is 13.2 Å². The van der Waals surface area contributed by atoms with E-state index in [2.05, 4.69) is 29.4 Å². The second kappa shape index (κ2) is 6.72. The SMILES string of the molecule is Cc1ccccc1C1(CNc2ncc(C(F)(F)F)s2)CCOCC1. The molecule has 0 atom stereocenters. The molecule has 3 rings (SSSR count). The van der Waals surface area contributed by atoms with E-state index in [1.165, 1.54) is 11.1 Å². The van der Waals surface area contributed by atoms with Gasteiger partial charge in [0.05, 0.1) is 6.20 Å². The quantitative estimate of drug-likeness (QED) is 0.867. The van der Waals surface area contributed by atoms with E-state index in [0.29, 0.717) is 36.2 Å². The summed E-state index contributed by atoms with van der Waals surface area (Å²) in [6.45, 7) is 3.92. The minimum Gasteiger partial charge on any atom is -0.381 e. The fourth-order valence-corrected chi connectivity index (χ4v) is 3.88. The first kappa shape index (κ1) is 17.2. The lowest BCUT2D eigenvalue weighted by Crippen LogP contribution is -2.40. The summed E-state index contributed by atoms with van der Waals surface area (Å²) in [6.07, 6.45) is -1.79. The Hall–Kier alpha value is -1.60. The van der Waals surface area contributed by atoms with Crippen LogP contribution in [0.3, 0.4) is 0 Å². The maximum absolute atomic E-state index is 12.7. The summed E-state index contributed by atoms with van der Waals surface area (Å²) < 4.78 is 43.6. The van der Waals surface area contributed by atoms with Crippen molar-refractivity contribution in [3.05, 3.63) is 46.5 Å². The zero-order chi connectivity index (χ0) is 17.2. The average molecular weight is 356 g/mol. The Morgan fingerprint density at radius 3 is 2.58 bits per heavy atom. The molecule has 3 nitrogen and oxygen atoms in total. The number of thiazole rings is 1. The molecule has 0 bridgehead atoms. The number of hydrogen-bond acceptors (Lipinski definition) is 4. The fourth-order valence-electron chi connectivity index (χ4n) is 3.20. The number of ether oxygens (including phenoxy) is 1. The third kappa shape index (κ3) is 3.57. The first-order valence-corrected chi connectivity index (χ1v) is 8.63. The molecule has 2 aromatic rings. The zero-order valence-electron chi connectivity index (χ0n) is 13.3. The lowest BCUT2D eigenvalue weighted by molar-refractivity contribution is -0.134. The van der Waals surface area contributed by atoms with Gasteiger partial charge in [0.25, 0.3) is 0 Å². The van der Waals surface area contributed by atoms with Crippen LogP contribution in [0.5, 0.6) is 0 Å². The lowest BCUT2D eigenvalue weighted by atomic mass is 9.72. The van der Waals surface area contributed by atoms with E-state index in [9.17, 15) is 13.2 Å². The van der Waals surface area contributed by atoms with Gasteiger partial charge in [-0.15, -0.1) is 0 Å². The van der Waals surface area contributed by atoms with E-state index in [-0.39, 0.29) is 5.41 Å². The van der Waals surface area contributed by atoms with E-state index in [1.54, 1.807) is 0 Å². The topological polar surface area (TPSA) is 34.2 Å². The Kier molecular flexibility index (Phi) is 4.83. The van der Waals surface area contributed by atoms with Gasteiger partial charge >= 0.3 is 6.18 Å². The van der Waals surface area contributed by atoms with Gasteiger partial charge in [-0.05, 0) is 30.9 Å². The van der Waals surface area contributed by atoms with Crippen molar-refractivity contribution in [3.63, 3.8) is 0 Å². The van der Waals surface area contributed by atoms with E-state index >= 15 is 0 Å². The second-order valence-electron chi connectivity index (χ2n) is 6.09. The maximum atomic E-state index is 12.7. The van der Waals surface area contributed by atoms with Crippen LogP contribution in [0.15, 0.2) is 30.5 Å². The third-order valence-corrected chi connectivity index (χ3v) is 5.53. The van der Waals surface area contributed by atoms with Crippen LogP contribution < -0.4 is 5.32 Å². The van der Waals surface area contributed by atoms with Crippen molar-refractivity contribution in [1.82, 2.24) is 4.98 Å². The first-order chi connectivity index (χ1) is 11.4. The molecule has 1 aliphatic rings. The van der Waals surface area contributed by atoms with Crippen LogP contribution in [-0.4, -0.2) is 24.7 Å². The molecule has 0 aliphatic carbocycles. The molecule has 1 fully saturated rings. The highest BCUT2D eigenvalue weighted by molar-refractivity contribution is 7.15. The predicted octanol–water partition coefficient (Wildman–Crippen LogP) is 4.63. The van der Waals surface area contributed by atoms with Gasteiger partial charge in [0, 0.05) is 25.2 Å².